The Morgan fingerprint density at radius 3 is 2.44 bits per heavy atom. The number of imidazole rings is 1. The van der Waals surface area contributed by atoms with Crippen LogP contribution < -0.4 is 0 Å². The van der Waals surface area contributed by atoms with Crippen molar-refractivity contribution in [2.75, 3.05) is 0 Å². The summed E-state index contributed by atoms with van der Waals surface area (Å²) in [6.45, 7) is 15.8. The van der Waals surface area contributed by atoms with Crippen LogP contribution in [0, 0.1) is 5.92 Å². The molecule has 0 aromatic carbocycles. The smallest absolute Gasteiger partial charge is 0.136 e. The van der Waals surface area contributed by atoms with Gasteiger partial charge in [-0.3, -0.25) is 0 Å². The maximum absolute atomic E-state index is 4.22. The third kappa shape index (κ3) is 3.89. The van der Waals surface area contributed by atoms with E-state index in [1.807, 2.05) is 36.8 Å². The van der Waals surface area contributed by atoms with Crippen molar-refractivity contribution in [3.8, 4) is 0 Å². The van der Waals surface area contributed by atoms with E-state index in [1.54, 1.807) is 12.4 Å². The van der Waals surface area contributed by atoms with Gasteiger partial charge in [-0.25, -0.2) is 4.98 Å². The van der Waals surface area contributed by atoms with E-state index in [2.05, 4.69) is 32.0 Å². The number of aromatic nitrogens is 2. The van der Waals surface area contributed by atoms with Crippen LogP contribution in [0.2, 0.25) is 0 Å². The second kappa shape index (κ2) is 7.69. The molecule has 0 unspecified atom stereocenters. The van der Waals surface area contributed by atoms with E-state index < -0.39 is 0 Å². The fraction of sp³-hybridized carbons (Fsp3) is 0.357. The predicted molar refractivity (Wildman–Crippen MR) is 73.0 cm³/mol. The Bertz CT molecular complexity index is 357. The van der Waals surface area contributed by atoms with Crippen LogP contribution in [-0.2, 0) is 0 Å². The summed E-state index contributed by atoms with van der Waals surface area (Å²) in [5, 5.41) is 0. The Balaban J connectivity index is 0.00000106. The van der Waals surface area contributed by atoms with Crippen LogP contribution in [0.3, 0.4) is 0 Å². The van der Waals surface area contributed by atoms with Gasteiger partial charge in [0.25, 0.3) is 0 Å². The molecule has 0 atom stereocenters. The molecule has 1 aromatic heterocycles. The highest BCUT2D eigenvalue weighted by Crippen LogP contribution is 2.14. The number of rotatable bonds is 4. The van der Waals surface area contributed by atoms with Crippen LogP contribution in [0.15, 0.2) is 37.2 Å². The highest BCUT2D eigenvalue weighted by molar-refractivity contribution is 5.52. The molecule has 0 aliphatic rings. The maximum atomic E-state index is 4.22. The van der Waals surface area contributed by atoms with Crippen molar-refractivity contribution in [2.45, 2.75) is 27.7 Å². The lowest BCUT2D eigenvalue weighted by Gasteiger charge is -2.05. The van der Waals surface area contributed by atoms with Gasteiger partial charge in [0, 0.05) is 18.6 Å². The van der Waals surface area contributed by atoms with Crippen molar-refractivity contribution in [3.05, 3.63) is 43.0 Å². The average Bonchev–Trinajstić information content (AvgIpc) is 2.75. The van der Waals surface area contributed by atoms with Gasteiger partial charge in [-0.2, -0.15) is 0 Å². The van der Waals surface area contributed by atoms with E-state index in [4.69, 9.17) is 0 Å². The van der Waals surface area contributed by atoms with Gasteiger partial charge < -0.3 is 4.57 Å². The van der Waals surface area contributed by atoms with E-state index in [0.717, 1.165) is 5.82 Å². The normalized spacial score (nSPS) is 10.7. The first kappa shape index (κ1) is 14.4. The summed E-state index contributed by atoms with van der Waals surface area (Å²) in [5.74, 6) is 1.35. The molecule has 0 aliphatic heterocycles. The van der Waals surface area contributed by atoms with E-state index in [1.165, 1.54) is 5.57 Å². The molecule has 0 bridgehead atoms. The molecule has 88 valence electrons. The van der Waals surface area contributed by atoms with Crippen molar-refractivity contribution < 1.29 is 0 Å². The highest BCUT2D eigenvalue weighted by atomic mass is 15.0. The molecular formula is C14H22N2. The molecule has 1 rings (SSSR count). The van der Waals surface area contributed by atoms with Gasteiger partial charge in [0.05, 0.1) is 0 Å². The van der Waals surface area contributed by atoms with Crippen LogP contribution in [0.5, 0.6) is 0 Å². The van der Waals surface area contributed by atoms with Crippen LogP contribution in [0.4, 0.5) is 0 Å². The summed E-state index contributed by atoms with van der Waals surface area (Å²) >= 11 is 0. The lowest BCUT2D eigenvalue weighted by Crippen LogP contribution is -1.93. The molecular weight excluding hydrogens is 196 g/mol. The summed E-state index contributed by atoms with van der Waals surface area (Å²) in [4.78, 5) is 4.22. The first-order valence-electron chi connectivity index (χ1n) is 5.68. The van der Waals surface area contributed by atoms with Gasteiger partial charge >= 0.3 is 0 Å². The Hall–Kier alpha value is -1.57. The van der Waals surface area contributed by atoms with Crippen molar-refractivity contribution in [3.63, 3.8) is 0 Å². The zero-order valence-corrected chi connectivity index (χ0v) is 10.8. The van der Waals surface area contributed by atoms with E-state index in [-0.39, 0.29) is 0 Å². The van der Waals surface area contributed by atoms with Gasteiger partial charge in [0.2, 0.25) is 0 Å². The minimum absolute atomic E-state index is 0.461. The molecule has 0 saturated carbocycles. The van der Waals surface area contributed by atoms with E-state index >= 15 is 0 Å². The van der Waals surface area contributed by atoms with Crippen molar-refractivity contribution >= 4 is 12.3 Å². The first-order chi connectivity index (χ1) is 7.69. The lowest BCUT2D eigenvalue weighted by atomic mass is 10.0. The summed E-state index contributed by atoms with van der Waals surface area (Å²) in [6.07, 6.45) is 9.26. The number of hydrogen-bond acceptors (Lipinski definition) is 1. The van der Waals surface area contributed by atoms with Crippen LogP contribution in [0.1, 0.15) is 33.5 Å². The quantitative estimate of drug-likeness (QED) is 0.691. The molecule has 0 saturated heterocycles. The van der Waals surface area contributed by atoms with Crippen LogP contribution >= 0.6 is 0 Å². The van der Waals surface area contributed by atoms with Gasteiger partial charge in [-0.05, 0) is 17.6 Å². The molecule has 0 amide bonds. The Labute approximate surface area is 99.0 Å². The molecule has 0 fully saturated rings. The monoisotopic (exact) mass is 218 g/mol. The Morgan fingerprint density at radius 1 is 1.38 bits per heavy atom. The summed E-state index contributed by atoms with van der Waals surface area (Å²) in [5.41, 5.74) is 1.18. The molecule has 16 heavy (non-hydrogen) atoms. The third-order valence-electron chi connectivity index (χ3n) is 2.09. The predicted octanol–water partition coefficient (Wildman–Crippen LogP) is 4.24. The fourth-order valence-corrected chi connectivity index (χ4v) is 1.20. The zero-order chi connectivity index (χ0) is 12.6. The second-order valence-corrected chi connectivity index (χ2v) is 3.38. The molecule has 1 heterocycles. The highest BCUT2D eigenvalue weighted by Gasteiger charge is 2.01. The van der Waals surface area contributed by atoms with Crippen molar-refractivity contribution in [1.82, 2.24) is 9.55 Å². The molecule has 1 aromatic rings. The van der Waals surface area contributed by atoms with Gasteiger partial charge in [0.1, 0.15) is 5.82 Å². The van der Waals surface area contributed by atoms with E-state index in [0.29, 0.717) is 5.92 Å². The SMILES string of the molecule is C=C/C(=C\c1nccn1C=C)C(C)C.CC. The Kier molecular flexibility index (Phi) is 6.93. The van der Waals surface area contributed by atoms with E-state index in [9.17, 15) is 0 Å². The molecule has 2 heteroatoms. The van der Waals surface area contributed by atoms with Gasteiger partial charge in [-0.15, -0.1) is 0 Å². The Morgan fingerprint density at radius 2 is 2.00 bits per heavy atom. The van der Waals surface area contributed by atoms with Crippen LogP contribution in [-0.4, -0.2) is 9.55 Å². The van der Waals surface area contributed by atoms with Gasteiger partial charge in [-0.1, -0.05) is 46.9 Å². The fourth-order valence-electron chi connectivity index (χ4n) is 1.20. The van der Waals surface area contributed by atoms with Gasteiger partial charge in [0.15, 0.2) is 0 Å². The maximum Gasteiger partial charge on any atom is 0.136 e. The number of hydrogen-bond donors (Lipinski definition) is 0. The minimum Gasteiger partial charge on any atom is -0.308 e. The topological polar surface area (TPSA) is 17.8 Å². The first-order valence-corrected chi connectivity index (χ1v) is 5.68. The molecule has 2 nitrogen and oxygen atoms in total. The second-order valence-electron chi connectivity index (χ2n) is 3.38. The standard InChI is InChI=1S/C12H16N2.C2H6/c1-5-11(10(3)4)9-12-13-7-8-14(12)6-2;1-2/h5-10H,1-2H2,3-4H3;1-2H3/b11-9+;. The zero-order valence-electron chi connectivity index (χ0n) is 10.8. The van der Waals surface area contributed by atoms with Crippen molar-refractivity contribution in [2.24, 2.45) is 5.92 Å². The summed E-state index contributed by atoms with van der Waals surface area (Å²) < 4.78 is 1.88. The average molecular weight is 218 g/mol. The van der Waals surface area contributed by atoms with Crippen LogP contribution in [0.25, 0.3) is 12.3 Å². The lowest BCUT2D eigenvalue weighted by molar-refractivity contribution is 0.796. The molecule has 0 N–H and O–H groups in total. The minimum atomic E-state index is 0.461. The molecule has 0 aliphatic carbocycles. The molecule has 0 spiro atoms. The third-order valence-corrected chi connectivity index (χ3v) is 2.09. The van der Waals surface area contributed by atoms with Crippen molar-refractivity contribution in [1.29, 1.82) is 0 Å². The number of nitrogens with zero attached hydrogens (tertiary/aromatic N) is 2. The molecule has 0 radical (unpaired) electrons. The summed E-state index contributed by atoms with van der Waals surface area (Å²) in [7, 11) is 0. The number of allylic oxidation sites excluding steroid dienone is 2. The largest absolute Gasteiger partial charge is 0.308 e. The summed E-state index contributed by atoms with van der Waals surface area (Å²) in [6, 6.07) is 0.